The molecule has 0 aliphatic rings. The Bertz CT molecular complexity index is 620. The van der Waals surface area contributed by atoms with E-state index >= 15 is 0 Å². The molecule has 1 heterocycles. The number of nitrogens with one attached hydrogen (secondary N) is 2. The molecule has 1 aromatic heterocycles. The third kappa shape index (κ3) is 3.47. The fourth-order valence-corrected chi connectivity index (χ4v) is 1.99. The smallest absolute Gasteiger partial charge is 0.320 e. The Hall–Kier alpha value is -2.10. The summed E-state index contributed by atoms with van der Waals surface area (Å²) >= 11 is 0. The minimum atomic E-state index is -0.231. The van der Waals surface area contributed by atoms with Gasteiger partial charge in [0.25, 0.3) is 0 Å². The summed E-state index contributed by atoms with van der Waals surface area (Å²) < 4.78 is 0. The summed E-state index contributed by atoms with van der Waals surface area (Å²) in [5.41, 5.74) is 2.18. The molecule has 0 radical (unpaired) electrons. The lowest BCUT2D eigenvalue weighted by Gasteiger charge is -2.11. The third-order valence-electron chi connectivity index (χ3n) is 3.04. The second-order valence-corrected chi connectivity index (χ2v) is 5.56. The molecule has 2 aromatic rings. The van der Waals surface area contributed by atoms with Crippen molar-refractivity contribution in [2.75, 3.05) is 5.32 Å². The van der Waals surface area contributed by atoms with E-state index in [1.54, 1.807) is 0 Å². The molecular formula is C16H21N3O. The van der Waals surface area contributed by atoms with E-state index in [0.717, 1.165) is 10.9 Å². The van der Waals surface area contributed by atoms with E-state index in [1.807, 2.05) is 32.0 Å². The Balaban J connectivity index is 2.21. The van der Waals surface area contributed by atoms with Crippen molar-refractivity contribution < 1.29 is 4.79 Å². The van der Waals surface area contributed by atoms with Crippen molar-refractivity contribution in [3.8, 4) is 0 Å². The van der Waals surface area contributed by atoms with E-state index in [-0.39, 0.29) is 12.1 Å². The van der Waals surface area contributed by atoms with Crippen molar-refractivity contribution in [1.29, 1.82) is 0 Å². The molecule has 4 heteroatoms. The molecule has 0 saturated carbocycles. The Morgan fingerprint density at radius 1 is 1.10 bits per heavy atom. The zero-order valence-electron chi connectivity index (χ0n) is 12.4. The van der Waals surface area contributed by atoms with Crippen LogP contribution < -0.4 is 10.6 Å². The highest BCUT2D eigenvalue weighted by atomic mass is 16.2. The lowest BCUT2D eigenvalue weighted by Crippen LogP contribution is -2.34. The fourth-order valence-electron chi connectivity index (χ4n) is 1.99. The predicted octanol–water partition coefficient (Wildman–Crippen LogP) is 3.89. The molecule has 20 heavy (non-hydrogen) atoms. The Labute approximate surface area is 119 Å². The number of pyridine rings is 1. The minimum Gasteiger partial charge on any atom is -0.336 e. The van der Waals surface area contributed by atoms with Gasteiger partial charge < -0.3 is 5.32 Å². The summed E-state index contributed by atoms with van der Waals surface area (Å²) in [6, 6.07) is 9.90. The van der Waals surface area contributed by atoms with Gasteiger partial charge in [-0.3, -0.25) is 5.32 Å². The topological polar surface area (TPSA) is 54.0 Å². The van der Waals surface area contributed by atoms with Crippen LogP contribution in [0.2, 0.25) is 0 Å². The second kappa shape index (κ2) is 5.90. The van der Waals surface area contributed by atoms with E-state index in [1.165, 1.54) is 5.56 Å². The van der Waals surface area contributed by atoms with Crippen LogP contribution in [-0.4, -0.2) is 17.1 Å². The van der Waals surface area contributed by atoms with Gasteiger partial charge in [0.2, 0.25) is 0 Å². The largest absolute Gasteiger partial charge is 0.336 e. The summed E-state index contributed by atoms with van der Waals surface area (Å²) in [6.45, 7) is 8.17. The second-order valence-electron chi connectivity index (χ2n) is 5.56. The number of carbonyl (C=O) groups excluding carboxylic acids is 1. The average molecular weight is 271 g/mol. The van der Waals surface area contributed by atoms with E-state index in [0.29, 0.717) is 11.7 Å². The molecule has 0 aliphatic carbocycles. The van der Waals surface area contributed by atoms with Gasteiger partial charge in [-0.2, -0.15) is 0 Å². The molecule has 1 aromatic carbocycles. The lowest BCUT2D eigenvalue weighted by atomic mass is 10.0. The number of benzene rings is 1. The summed E-state index contributed by atoms with van der Waals surface area (Å²) in [5, 5.41) is 6.60. The first-order valence-electron chi connectivity index (χ1n) is 6.94. The Morgan fingerprint density at radius 3 is 2.50 bits per heavy atom. The van der Waals surface area contributed by atoms with Crippen LogP contribution in [0.1, 0.15) is 39.2 Å². The van der Waals surface area contributed by atoms with Gasteiger partial charge in [-0.05, 0) is 49.6 Å². The lowest BCUT2D eigenvalue weighted by molar-refractivity contribution is 0.250. The average Bonchev–Trinajstić information content (AvgIpc) is 2.36. The molecule has 0 fully saturated rings. The van der Waals surface area contributed by atoms with Crippen LogP contribution >= 0.6 is 0 Å². The summed E-state index contributed by atoms with van der Waals surface area (Å²) in [5.74, 6) is 1.06. The quantitative estimate of drug-likeness (QED) is 0.889. The van der Waals surface area contributed by atoms with Gasteiger partial charge in [-0.1, -0.05) is 19.9 Å². The molecule has 4 nitrogen and oxygen atoms in total. The van der Waals surface area contributed by atoms with Crippen LogP contribution in [0.5, 0.6) is 0 Å². The molecule has 106 valence electrons. The van der Waals surface area contributed by atoms with Crippen LogP contribution in [0.3, 0.4) is 0 Å². The first-order chi connectivity index (χ1) is 9.45. The predicted molar refractivity (Wildman–Crippen MR) is 83.1 cm³/mol. The normalized spacial score (nSPS) is 11.1. The highest BCUT2D eigenvalue weighted by molar-refractivity contribution is 5.90. The van der Waals surface area contributed by atoms with E-state index in [4.69, 9.17) is 0 Å². The molecule has 0 aliphatic heterocycles. The van der Waals surface area contributed by atoms with E-state index < -0.39 is 0 Å². The maximum Gasteiger partial charge on any atom is 0.320 e. The van der Waals surface area contributed by atoms with Gasteiger partial charge in [0.05, 0.1) is 5.52 Å². The number of hydrogen-bond acceptors (Lipinski definition) is 2. The molecule has 2 N–H and O–H groups in total. The molecule has 2 amide bonds. The monoisotopic (exact) mass is 271 g/mol. The van der Waals surface area contributed by atoms with Gasteiger partial charge in [0.1, 0.15) is 5.82 Å². The zero-order chi connectivity index (χ0) is 14.7. The van der Waals surface area contributed by atoms with Crippen molar-refractivity contribution in [3.05, 3.63) is 35.9 Å². The number of fused-ring (bicyclic) bond motifs is 1. The molecule has 0 atom stereocenters. The van der Waals surface area contributed by atoms with E-state index in [9.17, 15) is 4.79 Å². The standard InChI is InChI=1S/C16H21N3O/c1-10(2)12-5-7-14-13(9-12)6-8-15(18-14)19-16(20)17-11(3)4/h5-11H,1-4H3,(H2,17,18,19,20). The number of urea groups is 1. The fraction of sp³-hybridized carbons (Fsp3) is 0.375. The summed E-state index contributed by atoms with van der Waals surface area (Å²) in [6.07, 6.45) is 0. The Kier molecular flexibility index (Phi) is 4.23. The highest BCUT2D eigenvalue weighted by Gasteiger charge is 2.06. The number of rotatable bonds is 3. The van der Waals surface area contributed by atoms with Crippen molar-refractivity contribution >= 4 is 22.8 Å². The number of anilines is 1. The summed E-state index contributed by atoms with van der Waals surface area (Å²) in [4.78, 5) is 16.1. The van der Waals surface area contributed by atoms with Crippen LogP contribution in [0.15, 0.2) is 30.3 Å². The molecule has 2 rings (SSSR count). The van der Waals surface area contributed by atoms with Gasteiger partial charge in [0.15, 0.2) is 0 Å². The zero-order valence-corrected chi connectivity index (χ0v) is 12.4. The SMILES string of the molecule is CC(C)NC(=O)Nc1ccc2cc(C(C)C)ccc2n1. The van der Waals surface area contributed by atoms with Crippen molar-refractivity contribution in [3.63, 3.8) is 0 Å². The summed E-state index contributed by atoms with van der Waals surface area (Å²) in [7, 11) is 0. The first kappa shape index (κ1) is 14.3. The van der Waals surface area contributed by atoms with Crippen LogP contribution in [-0.2, 0) is 0 Å². The molecule has 0 bridgehead atoms. The number of nitrogens with zero attached hydrogens (tertiary/aromatic N) is 1. The molecular weight excluding hydrogens is 250 g/mol. The van der Waals surface area contributed by atoms with Gasteiger partial charge in [-0.15, -0.1) is 0 Å². The number of carbonyl (C=O) groups is 1. The Morgan fingerprint density at radius 2 is 1.85 bits per heavy atom. The van der Waals surface area contributed by atoms with Crippen molar-refractivity contribution in [1.82, 2.24) is 10.3 Å². The minimum absolute atomic E-state index is 0.101. The van der Waals surface area contributed by atoms with Gasteiger partial charge in [-0.25, -0.2) is 9.78 Å². The first-order valence-corrected chi connectivity index (χ1v) is 6.94. The van der Waals surface area contributed by atoms with E-state index in [2.05, 4.69) is 41.6 Å². The maximum absolute atomic E-state index is 11.6. The van der Waals surface area contributed by atoms with Crippen molar-refractivity contribution in [2.24, 2.45) is 0 Å². The van der Waals surface area contributed by atoms with Crippen LogP contribution in [0.4, 0.5) is 10.6 Å². The molecule has 0 unspecified atom stereocenters. The number of hydrogen-bond donors (Lipinski definition) is 2. The maximum atomic E-state index is 11.6. The highest BCUT2D eigenvalue weighted by Crippen LogP contribution is 2.21. The third-order valence-corrected chi connectivity index (χ3v) is 3.04. The number of amides is 2. The molecule has 0 saturated heterocycles. The molecule has 0 spiro atoms. The number of aromatic nitrogens is 1. The van der Waals surface area contributed by atoms with Gasteiger partial charge in [0, 0.05) is 11.4 Å². The van der Waals surface area contributed by atoms with Crippen molar-refractivity contribution in [2.45, 2.75) is 39.7 Å². The van der Waals surface area contributed by atoms with Crippen LogP contribution in [0.25, 0.3) is 10.9 Å². The van der Waals surface area contributed by atoms with Gasteiger partial charge >= 0.3 is 6.03 Å². The van der Waals surface area contributed by atoms with Crippen LogP contribution in [0, 0.1) is 0 Å².